The van der Waals surface area contributed by atoms with Gasteiger partial charge in [-0.2, -0.15) is 0 Å². The number of nitrogens with zero attached hydrogens (tertiary/aromatic N) is 1. The highest BCUT2D eigenvalue weighted by Crippen LogP contribution is 2.14. The van der Waals surface area contributed by atoms with Crippen LogP contribution in [0.5, 0.6) is 0 Å². The maximum absolute atomic E-state index is 5.31. The van der Waals surface area contributed by atoms with Gasteiger partial charge in [0.25, 0.3) is 0 Å². The second kappa shape index (κ2) is 9.82. The van der Waals surface area contributed by atoms with Gasteiger partial charge >= 0.3 is 0 Å². The third-order valence-corrected chi connectivity index (χ3v) is 3.24. The molecule has 0 aromatic heterocycles. The summed E-state index contributed by atoms with van der Waals surface area (Å²) in [4.78, 5) is 2.36. The quantitative estimate of drug-likeness (QED) is 0.657. The summed E-state index contributed by atoms with van der Waals surface area (Å²) < 4.78 is 5.31. The first-order valence-corrected chi connectivity index (χ1v) is 7.44. The monoisotopic (exact) mass is 264 g/mol. The Bertz CT molecular complexity index is 320. The summed E-state index contributed by atoms with van der Waals surface area (Å²) in [5.41, 5.74) is 2.65. The third-order valence-electron chi connectivity index (χ3n) is 3.24. The molecule has 3 heteroatoms. The van der Waals surface area contributed by atoms with Crippen molar-refractivity contribution in [2.75, 3.05) is 37.7 Å². The fourth-order valence-corrected chi connectivity index (χ4v) is 2.09. The van der Waals surface area contributed by atoms with Crippen molar-refractivity contribution in [1.29, 1.82) is 0 Å². The molecule has 0 fully saturated rings. The fourth-order valence-electron chi connectivity index (χ4n) is 2.09. The van der Waals surface area contributed by atoms with Crippen LogP contribution in [-0.2, 0) is 11.3 Å². The molecule has 1 aromatic carbocycles. The molecule has 0 saturated carbocycles. The van der Waals surface area contributed by atoms with E-state index in [-0.39, 0.29) is 0 Å². The van der Waals surface area contributed by atoms with Crippen molar-refractivity contribution in [2.45, 2.75) is 33.7 Å². The minimum absolute atomic E-state index is 0.812. The van der Waals surface area contributed by atoms with E-state index in [0.29, 0.717) is 0 Å². The topological polar surface area (TPSA) is 24.5 Å². The first-order chi connectivity index (χ1) is 9.31. The lowest BCUT2D eigenvalue weighted by atomic mass is 10.2. The van der Waals surface area contributed by atoms with Crippen LogP contribution >= 0.6 is 0 Å². The van der Waals surface area contributed by atoms with Crippen LogP contribution in [0.15, 0.2) is 24.3 Å². The molecule has 0 unspecified atom stereocenters. The van der Waals surface area contributed by atoms with E-state index in [1.807, 2.05) is 6.92 Å². The van der Waals surface area contributed by atoms with E-state index in [1.165, 1.54) is 11.3 Å². The molecule has 0 radical (unpaired) electrons. The summed E-state index contributed by atoms with van der Waals surface area (Å²) in [5.74, 6) is 0. The van der Waals surface area contributed by atoms with Crippen LogP contribution in [-0.4, -0.2) is 32.8 Å². The second-order valence-electron chi connectivity index (χ2n) is 4.57. The van der Waals surface area contributed by atoms with E-state index in [0.717, 1.165) is 45.8 Å². The van der Waals surface area contributed by atoms with Gasteiger partial charge in [-0.05, 0) is 51.4 Å². The van der Waals surface area contributed by atoms with E-state index in [2.05, 4.69) is 48.3 Å². The maximum Gasteiger partial charge on any atom is 0.0477 e. The molecule has 108 valence electrons. The van der Waals surface area contributed by atoms with Gasteiger partial charge in [0.15, 0.2) is 0 Å². The average Bonchev–Trinajstić information content (AvgIpc) is 2.45. The van der Waals surface area contributed by atoms with Crippen molar-refractivity contribution in [3.05, 3.63) is 29.8 Å². The van der Waals surface area contributed by atoms with Crippen LogP contribution in [0, 0.1) is 0 Å². The number of rotatable bonds is 10. The lowest BCUT2D eigenvalue weighted by Gasteiger charge is -2.21. The Morgan fingerprint density at radius 1 is 1.05 bits per heavy atom. The minimum Gasteiger partial charge on any atom is -0.382 e. The van der Waals surface area contributed by atoms with Crippen molar-refractivity contribution < 1.29 is 4.74 Å². The predicted molar refractivity (Wildman–Crippen MR) is 82.8 cm³/mol. The first kappa shape index (κ1) is 16.0. The summed E-state index contributed by atoms with van der Waals surface area (Å²) in [6, 6.07) is 8.85. The second-order valence-corrected chi connectivity index (χ2v) is 4.57. The molecule has 0 heterocycles. The van der Waals surface area contributed by atoms with Crippen LogP contribution in [0.3, 0.4) is 0 Å². The van der Waals surface area contributed by atoms with Crippen LogP contribution in [0.4, 0.5) is 5.69 Å². The first-order valence-electron chi connectivity index (χ1n) is 7.44. The van der Waals surface area contributed by atoms with Crippen molar-refractivity contribution in [1.82, 2.24) is 5.32 Å². The Kier molecular flexibility index (Phi) is 8.26. The Morgan fingerprint density at radius 3 is 2.32 bits per heavy atom. The van der Waals surface area contributed by atoms with Crippen molar-refractivity contribution in [3.63, 3.8) is 0 Å². The van der Waals surface area contributed by atoms with Gasteiger partial charge < -0.3 is 15.0 Å². The zero-order valence-corrected chi connectivity index (χ0v) is 12.6. The summed E-state index contributed by atoms with van der Waals surface area (Å²) in [6.07, 6.45) is 1.07. The maximum atomic E-state index is 5.31. The molecule has 0 amide bonds. The van der Waals surface area contributed by atoms with Gasteiger partial charge in [-0.1, -0.05) is 12.1 Å². The lowest BCUT2D eigenvalue weighted by molar-refractivity contribution is 0.144. The predicted octanol–water partition coefficient (Wildman–Crippen LogP) is 3.05. The number of anilines is 1. The molecule has 3 nitrogen and oxygen atoms in total. The highest BCUT2D eigenvalue weighted by atomic mass is 16.5. The Labute approximate surface area is 118 Å². The van der Waals surface area contributed by atoms with Crippen molar-refractivity contribution >= 4 is 5.69 Å². The smallest absolute Gasteiger partial charge is 0.0477 e. The highest BCUT2D eigenvalue weighted by Gasteiger charge is 2.01. The van der Waals surface area contributed by atoms with E-state index < -0.39 is 0 Å². The van der Waals surface area contributed by atoms with Crippen LogP contribution in [0.1, 0.15) is 32.8 Å². The lowest BCUT2D eigenvalue weighted by Crippen LogP contribution is -2.21. The normalized spacial score (nSPS) is 10.7. The summed E-state index contributed by atoms with van der Waals surface area (Å²) in [6.45, 7) is 12.1. The molecule has 0 aliphatic rings. The molecular weight excluding hydrogens is 236 g/mol. The number of benzene rings is 1. The van der Waals surface area contributed by atoms with E-state index in [1.54, 1.807) is 0 Å². The third kappa shape index (κ3) is 6.08. The van der Waals surface area contributed by atoms with Gasteiger partial charge in [-0.25, -0.2) is 0 Å². The van der Waals surface area contributed by atoms with E-state index in [9.17, 15) is 0 Å². The van der Waals surface area contributed by atoms with E-state index >= 15 is 0 Å². The standard InChI is InChI=1S/C16H28N2O/c1-4-18(5-2)16-10-8-15(9-11-16)14-17-12-7-13-19-6-3/h8-11,17H,4-7,12-14H2,1-3H3. The molecular formula is C16H28N2O. The summed E-state index contributed by atoms with van der Waals surface area (Å²) in [5, 5.41) is 3.44. The number of nitrogens with one attached hydrogen (secondary N) is 1. The molecule has 0 spiro atoms. The molecule has 0 aliphatic heterocycles. The molecule has 19 heavy (non-hydrogen) atoms. The number of hydrogen-bond acceptors (Lipinski definition) is 3. The average molecular weight is 264 g/mol. The fraction of sp³-hybridized carbons (Fsp3) is 0.625. The van der Waals surface area contributed by atoms with Crippen LogP contribution in [0.2, 0.25) is 0 Å². The van der Waals surface area contributed by atoms with Crippen LogP contribution in [0.25, 0.3) is 0 Å². The molecule has 1 N–H and O–H groups in total. The van der Waals surface area contributed by atoms with Gasteiger partial charge in [-0.15, -0.1) is 0 Å². The van der Waals surface area contributed by atoms with Gasteiger partial charge in [-0.3, -0.25) is 0 Å². The zero-order chi connectivity index (χ0) is 13.9. The number of hydrogen-bond donors (Lipinski definition) is 1. The van der Waals surface area contributed by atoms with Gasteiger partial charge in [0.1, 0.15) is 0 Å². The zero-order valence-electron chi connectivity index (χ0n) is 12.6. The molecule has 0 bridgehead atoms. The van der Waals surface area contributed by atoms with Crippen molar-refractivity contribution in [2.24, 2.45) is 0 Å². The van der Waals surface area contributed by atoms with Crippen molar-refractivity contribution in [3.8, 4) is 0 Å². The Hall–Kier alpha value is -1.06. The molecule has 0 saturated heterocycles. The molecule has 1 aromatic rings. The van der Waals surface area contributed by atoms with Gasteiger partial charge in [0.2, 0.25) is 0 Å². The minimum atomic E-state index is 0.812. The van der Waals surface area contributed by atoms with Gasteiger partial charge in [0.05, 0.1) is 0 Å². The molecule has 0 atom stereocenters. The van der Waals surface area contributed by atoms with Gasteiger partial charge in [0, 0.05) is 38.5 Å². The number of ether oxygens (including phenoxy) is 1. The largest absolute Gasteiger partial charge is 0.382 e. The van der Waals surface area contributed by atoms with E-state index in [4.69, 9.17) is 4.74 Å². The Morgan fingerprint density at radius 2 is 1.74 bits per heavy atom. The van der Waals surface area contributed by atoms with Crippen LogP contribution < -0.4 is 10.2 Å². The molecule has 0 aliphatic carbocycles. The Balaban J connectivity index is 2.28. The summed E-state index contributed by atoms with van der Waals surface area (Å²) in [7, 11) is 0. The highest BCUT2D eigenvalue weighted by molar-refractivity contribution is 5.47. The molecule has 1 rings (SSSR count). The summed E-state index contributed by atoms with van der Waals surface area (Å²) >= 11 is 0. The SMILES string of the molecule is CCOCCCNCc1ccc(N(CC)CC)cc1.